The summed E-state index contributed by atoms with van der Waals surface area (Å²) in [5, 5.41) is 0. The molecule has 0 aliphatic rings. The molecule has 0 radical (unpaired) electrons. The summed E-state index contributed by atoms with van der Waals surface area (Å²) in [6, 6.07) is 2.68. The number of anilines is 1. The van der Waals surface area contributed by atoms with Crippen LogP contribution in [0.2, 0.25) is 0 Å². The molecule has 0 unspecified atom stereocenters. The Hall–Kier alpha value is -1.32. The highest BCUT2D eigenvalue weighted by molar-refractivity contribution is 7.90. The lowest BCUT2D eigenvalue weighted by atomic mass is 10.1. The molecule has 0 aromatic heterocycles. The van der Waals surface area contributed by atoms with Crippen LogP contribution in [0, 0.1) is 0 Å². The van der Waals surface area contributed by atoms with Crippen molar-refractivity contribution in [2.24, 2.45) is 5.73 Å². The Bertz CT molecular complexity index is 607. The van der Waals surface area contributed by atoms with E-state index in [4.69, 9.17) is 5.73 Å². The fourth-order valence-corrected chi connectivity index (χ4v) is 2.96. The van der Waals surface area contributed by atoms with Gasteiger partial charge in [0, 0.05) is 12.1 Å². The van der Waals surface area contributed by atoms with E-state index in [2.05, 4.69) is 9.44 Å². The van der Waals surface area contributed by atoms with Gasteiger partial charge < -0.3 is 5.73 Å². The Kier molecular flexibility index (Phi) is 4.91. The summed E-state index contributed by atoms with van der Waals surface area (Å²) in [6.45, 7) is 4.70. The van der Waals surface area contributed by atoms with Gasteiger partial charge in [-0.1, -0.05) is 0 Å². The number of alkyl halides is 3. The normalized spacial score (nSPS) is 13.3. The molecule has 1 rings (SSSR count). The molecule has 0 amide bonds. The zero-order valence-corrected chi connectivity index (χ0v) is 12.7. The second-order valence-corrected chi connectivity index (χ2v) is 6.95. The number of nitrogens with two attached hydrogens (primary N) is 1. The maximum Gasteiger partial charge on any atom is 0.416 e. The van der Waals surface area contributed by atoms with Crippen LogP contribution in [0.4, 0.5) is 18.9 Å². The van der Waals surface area contributed by atoms with E-state index in [1.165, 1.54) is 0 Å². The van der Waals surface area contributed by atoms with Crippen LogP contribution in [-0.2, 0) is 22.9 Å². The first-order chi connectivity index (χ1) is 9.34. The molecule has 0 saturated heterocycles. The van der Waals surface area contributed by atoms with E-state index < -0.39 is 27.5 Å². The van der Waals surface area contributed by atoms with Gasteiger partial charge in [-0.15, -0.1) is 0 Å². The molecule has 4 N–H and O–H groups in total. The Balaban J connectivity index is 3.10. The predicted molar refractivity (Wildman–Crippen MR) is 74.8 cm³/mol. The van der Waals surface area contributed by atoms with E-state index in [0.717, 1.165) is 18.2 Å². The molecular weight excluding hydrogens is 307 g/mol. The minimum absolute atomic E-state index is 0.0160. The Labute approximate surface area is 121 Å². The molecule has 0 heterocycles. The molecule has 0 atom stereocenters. The standard InChI is InChI=1S/C12H18F3N3O2S/c1-11(2,3)18-21(19,20)17-10-5-4-9(12(13,14)15)6-8(10)7-16/h4-6,17-18H,7,16H2,1-3H3. The van der Waals surface area contributed by atoms with Gasteiger partial charge in [-0.05, 0) is 44.5 Å². The van der Waals surface area contributed by atoms with Crippen molar-refractivity contribution < 1.29 is 21.6 Å². The number of benzene rings is 1. The number of hydrogen-bond acceptors (Lipinski definition) is 3. The third kappa shape index (κ3) is 5.52. The average Bonchev–Trinajstić information content (AvgIpc) is 2.23. The van der Waals surface area contributed by atoms with Gasteiger partial charge in [0.15, 0.2) is 0 Å². The fraction of sp³-hybridized carbons (Fsp3) is 0.500. The molecule has 0 bridgehead atoms. The summed E-state index contributed by atoms with van der Waals surface area (Å²) >= 11 is 0. The zero-order chi connectivity index (χ0) is 16.5. The molecule has 1 aromatic carbocycles. The predicted octanol–water partition coefficient (Wildman–Crippen LogP) is 2.21. The topological polar surface area (TPSA) is 84.2 Å². The zero-order valence-electron chi connectivity index (χ0n) is 11.9. The van der Waals surface area contributed by atoms with Gasteiger partial charge in [-0.3, -0.25) is 4.72 Å². The Morgan fingerprint density at radius 2 is 1.76 bits per heavy atom. The van der Waals surface area contributed by atoms with Gasteiger partial charge in [0.25, 0.3) is 10.2 Å². The fourth-order valence-electron chi connectivity index (χ4n) is 1.61. The molecule has 0 spiro atoms. The first kappa shape index (κ1) is 17.7. The van der Waals surface area contributed by atoms with Crippen molar-refractivity contribution in [2.45, 2.75) is 39.0 Å². The highest BCUT2D eigenvalue weighted by atomic mass is 32.2. The third-order valence-corrected chi connectivity index (χ3v) is 3.71. The van der Waals surface area contributed by atoms with E-state index >= 15 is 0 Å². The van der Waals surface area contributed by atoms with Crippen molar-refractivity contribution in [1.82, 2.24) is 4.72 Å². The molecule has 0 aliphatic carbocycles. The second-order valence-electron chi connectivity index (χ2n) is 5.53. The van der Waals surface area contributed by atoms with Crippen LogP contribution >= 0.6 is 0 Å². The van der Waals surface area contributed by atoms with Crippen LogP contribution in [0.25, 0.3) is 0 Å². The lowest BCUT2D eigenvalue weighted by Crippen LogP contribution is -2.43. The first-order valence-electron chi connectivity index (χ1n) is 6.06. The van der Waals surface area contributed by atoms with Gasteiger partial charge in [0.05, 0.1) is 11.3 Å². The maximum absolute atomic E-state index is 12.6. The minimum Gasteiger partial charge on any atom is -0.326 e. The minimum atomic E-state index is -4.51. The van der Waals surface area contributed by atoms with Gasteiger partial charge in [-0.2, -0.15) is 26.3 Å². The molecule has 5 nitrogen and oxygen atoms in total. The molecule has 0 aliphatic heterocycles. The highest BCUT2D eigenvalue weighted by Crippen LogP contribution is 2.32. The Morgan fingerprint density at radius 3 is 2.19 bits per heavy atom. The average molecular weight is 325 g/mol. The van der Waals surface area contributed by atoms with Gasteiger partial charge in [-0.25, -0.2) is 0 Å². The van der Waals surface area contributed by atoms with Crippen molar-refractivity contribution in [3.63, 3.8) is 0 Å². The summed E-state index contributed by atoms with van der Waals surface area (Å²) < 4.78 is 66.1. The van der Waals surface area contributed by atoms with E-state index in [1.807, 2.05) is 0 Å². The van der Waals surface area contributed by atoms with E-state index in [1.54, 1.807) is 20.8 Å². The second kappa shape index (κ2) is 5.82. The molecule has 120 valence electrons. The number of rotatable bonds is 4. The lowest BCUT2D eigenvalue weighted by molar-refractivity contribution is -0.137. The van der Waals surface area contributed by atoms with Crippen LogP contribution in [0.3, 0.4) is 0 Å². The van der Waals surface area contributed by atoms with Crippen LogP contribution in [0.1, 0.15) is 31.9 Å². The van der Waals surface area contributed by atoms with Crippen LogP contribution in [0.15, 0.2) is 18.2 Å². The molecular formula is C12H18F3N3O2S. The van der Waals surface area contributed by atoms with Crippen molar-refractivity contribution in [3.8, 4) is 0 Å². The summed E-state index contributed by atoms with van der Waals surface area (Å²) in [6.07, 6.45) is -4.51. The van der Waals surface area contributed by atoms with E-state index in [-0.39, 0.29) is 17.8 Å². The maximum atomic E-state index is 12.6. The number of halogens is 3. The van der Waals surface area contributed by atoms with Gasteiger partial charge in [0.1, 0.15) is 0 Å². The first-order valence-corrected chi connectivity index (χ1v) is 7.54. The van der Waals surface area contributed by atoms with Gasteiger partial charge in [0.2, 0.25) is 0 Å². The number of nitrogens with one attached hydrogen (secondary N) is 2. The van der Waals surface area contributed by atoms with Crippen molar-refractivity contribution >= 4 is 15.9 Å². The molecule has 9 heteroatoms. The molecule has 0 saturated carbocycles. The van der Waals surface area contributed by atoms with Crippen molar-refractivity contribution in [1.29, 1.82) is 0 Å². The van der Waals surface area contributed by atoms with Crippen LogP contribution < -0.4 is 15.2 Å². The number of hydrogen-bond donors (Lipinski definition) is 3. The van der Waals surface area contributed by atoms with E-state index in [0.29, 0.717) is 0 Å². The smallest absolute Gasteiger partial charge is 0.326 e. The largest absolute Gasteiger partial charge is 0.416 e. The van der Waals surface area contributed by atoms with E-state index in [9.17, 15) is 21.6 Å². The monoisotopic (exact) mass is 325 g/mol. The summed E-state index contributed by atoms with van der Waals surface area (Å²) in [5.74, 6) is 0. The third-order valence-electron chi connectivity index (χ3n) is 2.34. The Morgan fingerprint density at radius 1 is 1.19 bits per heavy atom. The van der Waals surface area contributed by atoms with Crippen molar-refractivity contribution in [2.75, 3.05) is 4.72 Å². The molecule has 1 aromatic rings. The lowest BCUT2D eigenvalue weighted by Gasteiger charge is -2.22. The molecule has 0 fully saturated rings. The summed E-state index contributed by atoms with van der Waals surface area (Å²) in [7, 11) is -3.91. The highest BCUT2D eigenvalue weighted by Gasteiger charge is 2.31. The SMILES string of the molecule is CC(C)(C)NS(=O)(=O)Nc1ccc(C(F)(F)F)cc1CN. The van der Waals surface area contributed by atoms with Gasteiger partial charge >= 0.3 is 6.18 Å². The summed E-state index contributed by atoms with van der Waals surface area (Å²) in [4.78, 5) is 0. The van der Waals surface area contributed by atoms with Crippen LogP contribution in [0.5, 0.6) is 0 Å². The quantitative estimate of drug-likeness (QED) is 0.793. The van der Waals surface area contributed by atoms with Crippen LogP contribution in [-0.4, -0.2) is 14.0 Å². The molecule has 21 heavy (non-hydrogen) atoms. The van der Waals surface area contributed by atoms with Crippen molar-refractivity contribution in [3.05, 3.63) is 29.3 Å². The summed E-state index contributed by atoms with van der Waals surface area (Å²) in [5.41, 5.74) is 3.86.